The molecule has 1 unspecified atom stereocenters. The molecule has 0 aliphatic rings. The predicted octanol–water partition coefficient (Wildman–Crippen LogP) is 2.95. The Labute approximate surface area is 106 Å². The maximum atomic E-state index is 3.48. The molecule has 0 bridgehead atoms. The molecule has 0 aromatic heterocycles. The number of hydrogen-bond acceptors (Lipinski definition) is 1. The lowest BCUT2D eigenvalue weighted by atomic mass is 9.98. The van der Waals surface area contributed by atoms with E-state index in [-0.39, 0.29) is 0 Å². The summed E-state index contributed by atoms with van der Waals surface area (Å²) in [5.74, 6) is 0.670. The van der Waals surface area contributed by atoms with Gasteiger partial charge in [0.2, 0.25) is 0 Å². The Balaban J connectivity index is 2.46. The minimum absolute atomic E-state index is 0.670. The number of hydrogen-bond donors (Lipinski definition) is 1. The summed E-state index contributed by atoms with van der Waals surface area (Å²) in [7, 11) is 6.58. The second-order valence-electron chi connectivity index (χ2n) is 5.93. The first-order valence-corrected chi connectivity index (χ1v) is 6.52. The van der Waals surface area contributed by atoms with Crippen molar-refractivity contribution in [3.8, 4) is 0 Å². The van der Waals surface area contributed by atoms with Gasteiger partial charge in [0, 0.05) is 6.54 Å². The monoisotopic (exact) mass is 235 g/mol. The van der Waals surface area contributed by atoms with Gasteiger partial charge in [0.1, 0.15) is 6.67 Å². The molecule has 0 saturated carbocycles. The van der Waals surface area contributed by atoms with Gasteiger partial charge in [-0.3, -0.25) is 5.32 Å². The van der Waals surface area contributed by atoms with Gasteiger partial charge in [-0.15, -0.1) is 0 Å². The molecular formula is C15H27N2+. The van der Waals surface area contributed by atoms with Gasteiger partial charge < -0.3 is 4.48 Å². The first kappa shape index (κ1) is 14.2. The third-order valence-electron chi connectivity index (χ3n) is 3.08. The van der Waals surface area contributed by atoms with Crippen molar-refractivity contribution in [3.63, 3.8) is 0 Å². The molecule has 0 radical (unpaired) electrons. The van der Waals surface area contributed by atoms with Crippen LogP contribution in [0.25, 0.3) is 0 Å². The molecule has 0 fully saturated rings. The summed E-state index contributed by atoms with van der Waals surface area (Å²) in [6, 6.07) is 9.00. The summed E-state index contributed by atoms with van der Waals surface area (Å²) in [5.41, 5.74) is 2.81. The lowest BCUT2D eigenvalue weighted by Gasteiger charge is -2.24. The molecule has 0 heterocycles. The average molecular weight is 235 g/mol. The number of quaternary nitrogens is 1. The molecule has 1 N–H and O–H groups in total. The normalized spacial score (nSPS) is 13.7. The van der Waals surface area contributed by atoms with E-state index >= 15 is 0 Å². The minimum atomic E-state index is 0.670. The Kier molecular flexibility index (Phi) is 5.16. The summed E-state index contributed by atoms with van der Waals surface area (Å²) < 4.78 is 0.949. The highest BCUT2D eigenvalue weighted by Gasteiger charge is 2.05. The van der Waals surface area contributed by atoms with E-state index < -0.39 is 0 Å². The number of nitrogens with zero attached hydrogens (tertiary/aromatic N) is 1. The quantitative estimate of drug-likeness (QED) is 0.590. The van der Waals surface area contributed by atoms with Crippen molar-refractivity contribution in [2.45, 2.75) is 32.7 Å². The fourth-order valence-corrected chi connectivity index (χ4v) is 1.74. The van der Waals surface area contributed by atoms with Crippen LogP contribution in [-0.4, -0.2) is 32.3 Å². The smallest absolute Gasteiger partial charge is 0.132 e. The highest BCUT2D eigenvalue weighted by Crippen LogP contribution is 2.18. The van der Waals surface area contributed by atoms with E-state index in [9.17, 15) is 0 Å². The third kappa shape index (κ3) is 5.33. The van der Waals surface area contributed by atoms with Crippen LogP contribution in [0.2, 0.25) is 0 Å². The van der Waals surface area contributed by atoms with Gasteiger partial charge in [0.15, 0.2) is 0 Å². The Morgan fingerprint density at radius 2 is 1.71 bits per heavy atom. The maximum Gasteiger partial charge on any atom is 0.132 e. The predicted molar refractivity (Wildman–Crippen MR) is 74.9 cm³/mol. The van der Waals surface area contributed by atoms with Gasteiger partial charge in [-0.2, -0.15) is 0 Å². The molecule has 1 atom stereocenters. The van der Waals surface area contributed by atoms with Gasteiger partial charge in [-0.05, 0) is 23.5 Å². The lowest BCUT2D eigenvalue weighted by molar-refractivity contribution is -0.873. The molecule has 0 aliphatic carbocycles. The Morgan fingerprint density at radius 3 is 2.18 bits per heavy atom. The zero-order valence-electron chi connectivity index (χ0n) is 12.0. The zero-order valence-corrected chi connectivity index (χ0v) is 12.0. The van der Waals surface area contributed by atoms with Gasteiger partial charge in [0.25, 0.3) is 0 Å². The Bertz CT molecular complexity index is 322. The summed E-state index contributed by atoms with van der Waals surface area (Å²) in [4.78, 5) is 0. The average Bonchev–Trinajstić information content (AvgIpc) is 2.27. The van der Waals surface area contributed by atoms with E-state index in [2.05, 4.69) is 64.6 Å². The molecule has 1 aromatic rings. The maximum absolute atomic E-state index is 3.48. The van der Waals surface area contributed by atoms with Gasteiger partial charge >= 0.3 is 0 Å². The number of rotatable bonds is 6. The summed E-state index contributed by atoms with van der Waals surface area (Å²) in [6.07, 6.45) is 1.21. The van der Waals surface area contributed by atoms with Crippen LogP contribution < -0.4 is 5.32 Å². The highest BCUT2D eigenvalue weighted by molar-refractivity contribution is 5.24. The molecule has 1 rings (SSSR count). The molecule has 17 heavy (non-hydrogen) atoms. The van der Waals surface area contributed by atoms with Gasteiger partial charge in [-0.25, -0.2) is 0 Å². The van der Waals surface area contributed by atoms with Crippen LogP contribution in [0.1, 0.15) is 37.3 Å². The topological polar surface area (TPSA) is 12.0 Å². The van der Waals surface area contributed by atoms with E-state index in [4.69, 9.17) is 0 Å². The molecule has 0 spiro atoms. The van der Waals surface area contributed by atoms with Gasteiger partial charge in [0.05, 0.1) is 21.1 Å². The Hall–Kier alpha value is -0.860. The fourth-order valence-electron chi connectivity index (χ4n) is 1.74. The lowest BCUT2D eigenvalue weighted by Crippen LogP contribution is -2.42. The van der Waals surface area contributed by atoms with Crippen LogP contribution in [0.5, 0.6) is 0 Å². The minimum Gasteiger partial charge on any atom is -0.319 e. The summed E-state index contributed by atoms with van der Waals surface area (Å²) in [5, 5.41) is 3.48. The first-order valence-electron chi connectivity index (χ1n) is 6.52. The van der Waals surface area contributed by atoms with Crippen molar-refractivity contribution in [2.75, 3.05) is 27.8 Å². The van der Waals surface area contributed by atoms with Crippen molar-refractivity contribution in [3.05, 3.63) is 35.4 Å². The first-order chi connectivity index (χ1) is 7.92. The summed E-state index contributed by atoms with van der Waals surface area (Å²) >= 11 is 0. The highest BCUT2D eigenvalue weighted by atomic mass is 15.3. The van der Waals surface area contributed by atoms with Crippen LogP contribution in [0.15, 0.2) is 24.3 Å². The third-order valence-corrected chi connectivity index (χ3v) is 3.08. The van der Waals surface area contributed by atoms with E-state index in [0.717, 1.165) is 17.7 Å². The van der Waals surface area contributed by atoms with E-state index in [0.29, 0.717) is 5.92 Å². The van der Waals surface area contributed by atoms with E-state index in [1.54, 1.807) is 0 Å². The van der Waals surface area contributed by atoms with Crippen LogP contribution >= 0.6 is 0 Å². The molecule has 0 aliphatic heterocycles. The molecule has 1 aromatic carbocycles. The molecule has 0 amide bonds. The van der Waals surface area contributed by atoms with Crippen molar-refractivity contribution in [1.82, 2.24) is 5.32 Å². The SMILES string of the molecule is CCC(C)c1ccc(CNC[N+](C)(C)C)cc1. The van der Waals surface area contributed by atoms with Crippen LogP contribution in [0.3, 0.4) is 0 Å². The molecule has 2 nitrogen and oxygen atoms in total. The zero-order chi connectivity index (χ0) is 12.9. The van der Waals surface area contributed by atoms with Crippen molar-refractivity contribution in [2.24, 2.45) is 0 Å². The Morgan fingerprint density at radius 1 is 1.12 bits per heavy atom. The van der Waals surface area contributed by atoms with Gasteiger partial charge in [-0.1, -0.05) is 38.1 Å². The largest absolute Gasteiger partial charge is 0.319 e. The fraction of sp³-hybridized carbons (Fsp3) is 0.600. The molecule has 96 valence electrons. The van der Waals surface area contributed by atoms with Crippen LogP contribution in [-0.2, 0) is 6.54 Å². The second kappa shape index (κ2) is 6.18. The summed E-state index contributed by atoms with van der Waals surface area (Å²) in [6.45, 7) is 6.47. The van der Waals surface area contributed by atoms with Crippen molar-refractivity contribution < 1.29 is 4.48 Å². The molecule has 0 saturated heterocycles. The standard InChI is InChI=1S/C15H27N2/c1-6-13(2)15-9-7-14(8-10-15)11-16-12-17(3,4)5/h7-10,13,16H,6,11-12H2,1-5H3/q+1. The molecular weight excluding hydrogens is 208 g/mol. The number of nitrogens with one attached hydrogen (secondary N) is 1. The second-order valence-corrected chi connectivity index (χ2v) is 5.93. The molecule has 2 heteroatoms. The van der Waals surface area contributed by atoms with E-state index in [1.807, 2.05) is 0 Å². The van der Waals surface area contributed by atoms with Crippen molar-refractivity contribution in [1.29, 1.82) is 0 Å². The van der Waals surface area contributed by atoms with Crippen LogP contribution in [0.4, 0.5) is 0 Å². The van der Waals surface area contributed by atoms with E-state index in [1.165, 1.54) is 17.5 Å². The van der Waals surface area contributed by atoms with Crippen molar-refractivity contribution >= 4 is 0 Å². The number of benzene rings is 1. The van der Waals surface area contributed by atoms with Crippen LogP contribution in [0, 0.1) is 0 Å².